The molecule has 0 amide bonds. The molecule has 9 nitrogen and oxygen atoms in total. The molecule has 1 atom stereocenters. The second-order valence-corrected chi connectivity index (χ2v) is 12.8. The van der Waals surface area contributed by atoms with Crippen LogP contribution < -0.4 is 15.4 Å². The van der Waals surface area contributed by atoms with Crippen molar-refractivity contribution >= 4 is 32.1 Å². The summed E-state index contributed by atoms with van der Waals surface area (Å²) in [5, 5.41) is 17.4. The monoisotopic (exact) mass is 636 g/mol. The summed E-state index contributed by atoms with van der Waals surface area (Å²) >= 11 is 0. The van der Waals surface area contributed by atoms with Crippen molar-refractivity contribution in [3.8, 4) is 17.6 Å². The number of sulfone groups is 1. The molecule has 240 valence electrons. The van der Waals surface area contributed by atoms with Crippen LogP contribution in [-0.4, -0.2) is 94.1 Å². The highest BCUT2D eigenvalue weighted by atomic mass is 32.2. The fraction of sp³-hybridized carbons (Fsp3) is 0.484. The van der Waals surface area contributed by atoms with Crippen LogP contribution >= 0.6 is 0 Å². The van der Waals surface area contributed by atoms with Crippen molar-refractivity contribution in [3.63, 3.8) is 0 Å². The summed E-state index contributed by atoms with van der Waals surface area (Å²) in [4.78, 5) is 2.30. The number of hydrogen-bond acceptors (Lipinski definition) is 8. The van der Waals surface area contributed by atoms with Crippen LogP contribution in [0.2, 0.25) is 0 Å². The van der Waals surface area contributed by atoms with Crippen LogP contribution in [0, 0.1) is 11.8 Å². The predicted octanol–water partition coefficient (Wildman–Crippen LogP) is 4.35. The van der Waals surface area contributed by atoms with Crippen molar-refractivity contribution < 1.29 is 36.2 Å². The second kappa shape index (κ2) is 14.6. The van der Waals surface area contributed by atoms with Crippen molar-refractivity contribution in [3.05, 3.63) is 48.2 Å². The first kappa shape index (κ1) is 33.5. The summed E-state index contributed by atoms with van der Waals surface area (Å²) in [7, 11) is -2.01. The maximum atomic E-state index is 13.6. The average molecular weight is 637 g/mol. The molecular formula is C31H39F3N4O5S. The number of piperidine rings is 1. The Morgan fingerprint density at radius 1 is 1.14 bits per heavy atom. The highest BCUT2D eigenvalue weighted by Crippen LogP contribution is 2.32. The standard InChI is InChI=1S/C31H39F3N4O5S/c1-4-43-20-24(39)19-37-15-12-22(13-16-37)36-27-8-5-9-29-26(27)17-23(38(29)21-31(32,33)34)7-6-14-35-28-11-10-25(44(3,40)41)18-30(28)42-2/h5,8-11,17-18,22,24,35-36,39H,4,12-16,19-21H2,1-3H3. The Balaban J connectivity index is 1.49. The van der Waals surface area contributed by atoms with Crippen LogP contribution in [0.1, 0.15) is 25.5 Å². The van der Waals surface area contributed by atoms with Crippen LogP contribution in [0.5, 0.6) is 5.75 Å². The number of alkyl halides is 3. The molecule has 0 radical (unpaired) electrons. The summed E-state index contributed by atoms with van der Waals surface area (Å²) in [6.07, 6.45) is -2.23. The number of aliphatic hydroxyl groups is 1. The van der Waals surface area contributed by atoms with E-state index in [-0.39, 0.29) is 23.2 Å². The first-order valence-corrected chi connectivity index (χ1v) is 16.3. The van der Waals surface area contributed by atoms with Gasteiger partial charge in [-0.05, 0) is 56.0 Å². The third-order valence-electron chi connectivity index (χ3n) is 7.40. The molecule has 1 aliphatic heterocycles. The minimum absolute atomic E-state index is 0.0884. The Kier molecular flexibility index (Phi) is 11.1. The van der Waals surface area contributed by atoms with E-state index in [0.717, 1.165) is 37.9 Å². The molecule has 4 rings (SSSR count). The molecule has 1 unspecified atom stereocenters. The van der Waals surface area contributed by atoms with E-state index in [1.54, 1.807) is 24.3 Å². The SMILES string of the molecule is CCOCC(O)CN1CCC(Nc2cccc3c2cc(C#CCNc2ccc(S(C)(=O)=O)cc2OC)n3CC(F)(F)F)CC1. The molecule has 0 saturated carbocycles. The van der Waals surface area contributed by atoms with Crippen molar-refractivity contribution in [2.75, 3.05) is 63.4 Å². The molecule has 2 heterocycles. The number of fused-ring (bicyclic) bond motifs is 1. The number of aliphatic hydroxyl groups excluding tert-OH is 1. The fourth-order valence-corrected chi connectivity index (χ4v) is 5.91. The van der Waals surface area contributed by atoms with Gasteiger partial charge in [0.05, 0.1) is 48.2 Å². The quantitative estimate of drug-likeness (QED) is 0.252. The molecule has 3 aromatic rings. The van der Waals surface area contributed by atoms with Gasteiger partial charge in [-0.15, -0.1) is 0 Å². The summed E-state index contributed by atoms with van der Waals surface area (Å²) in [6.45, 7) is 3.78. The van der Waals surface area contributed by atoms with Crippen LogP contribution in [-0.2, 0) is 21.1 Å². The van der Waals surface area contributed by atoms with E-state index in [2.05, 4.69) is 27.4 Å². The first-order valence-electron chi connectivity index (χ1n) is 14.4. The zero-order valence-electron chi connectivity index (χ0n) is 25.1. The van der Waals surface area contributed by atoms with E-state index < -0.39 is 28.7 Å². The van der Waals surface area contributed by atoms with Crippen molar-refractivity contribution in [1.82, 2.24) is 9.47 Å². The minimum atomic E-state index is -4.45. The smallest absolute Gasteiger partial charge is 0.406 e. The summed E-state index contributed by atoms with van der Waals surface area (Å²) < 4.78 is 76.3. The Morgan fingerprint density at radius 2 is 1.89 bits per heavy atom. The number of β-amino-alcohol motifs (C(OH)–C–C–N with tert-alkyl or cyclic N) is 1. The highest BCUT2D eigenvalue weighted by Gasteiger charge is 2.30. The number of anilines is 2. The summed E-state index contributed by atoms with van der Waals surface area (Å²) in [5.41, 5.74) is 1.91. The maximum Gasteiger partial charge on any atom is 0.406 e. The third kappa shape index (κ3) is 9.04. The molecule has 13 heteroatoms. The summed E-state index contributed by atoms with van der Waals surface area (Å²) in [6, 6.07) is 11.5. The topological polar surface area (TPSA) is 105 Å². The van der Waals surface area contributed by atoms with Gasteiger partial charge in [-0.2, -0.15) is 13.2 Å². The van der Waals surface area contributed by atoms with Gasteiger partial charge in [0.25, 0.3) is 0 Å². The Hall–Kier alpha value is -3.44. The number of likely N-dealkylation sites (tertiary alicyclic amines) is 1. The van der Waals surface area contributed by atoms with Crippen molar-refractivity contribution in [2.24, 2.45) is 0 Å². The zero-order chi connectivity index (χ0) is 31.9. The van der Waals surface area contributed by atoms with E-state index in [9.17, 15) is 26.7 Å². The number of hydrogen-bond donors (Lipinski definition) is 3. The molecule has 2 aromatic carbocycles. The Labute approximate surface area is 256 Å². The van der Waals surface area contributed by atoms with Gasteiger partial charge in [0.1, 0.15) is 12.3 Å². The molecular weight excluding hydrogens is 597 g/mol. The van der Waals surface area contributed by atoms with Crippen LogP contribution in [0.15, 0.2) is 47.4 Å². The number of ether oxygens (including phenoxy) is 2. The van der Waals surface area contributed by atoms with Gasteiger partial charge in [0.2, 0.25) is 0 Å². The largest absolute Gasteiger partial charge is 0.495 e. The third-order valence-corrected chi connectivity index (χ3v) is 8.51. The first-order chi connectivity index (χ1) is 20.9. The van der Waals surface area contributed by atoms with E-state index >= 15 is 0 Å². The van der Waals surface area contributed by atoms with E-state index in [1.807, 2.05) is 13.0 Å². The Bertz CT molecular complexity index is 1590. The molecule has 0 spiro atoms. The highest BCUT2D eigenvalue weighted by molar-refractivity contribution is 7.90. The lowest BCUT2D eigenvalue weighted by atomic mass is 10.0. The van der Waals surface area contributed by atoms with Gasteiger partial charge >= 0.3 is 6.18 Å². The van der Waals surface area contributed by atoms with Crippen LogP contribution in [0.4, 0.5) is 24.5 Å². The molecule has 3 N–H and O–H groups in total. The van der Waals surface area contributed by atoms with Gasteiger partial charge in [-0.1, -0.05) is 12.0 Å². The van der Waals surface area contributed by atoms with Gasteiger partial charge in [-0.25, -0.2) is 8.42 Å². The lowest BCUT2D eigenvalue weighted by Crippen LogP contribution is -2.43. The van der Waals surface area contributed by atoms with Gasteiger partial charge in [-0.3, -0.25) is 0 Å². The van der Waals surface area contributed by atoms with Gasteiger partial charge in [0, 0.05) is 55.7 Å². The van der Waals surface area contributed by atoms with Crippen LogP contribution in [0.3, 0.4) is 0 Å². The van der Waals surface area contributed by atoms with E-state index in [4.69, 9.17) is 9.47 Å². The molecule has 1 aromatic heterocycles. The van der Waals surface area contributed by atoms with Gasteiger partial charge in [0.15, 0.2) is 9.84 Å². The number of aromatic nitrogens is 1. The zero-order valence-corrected chi connectivity index (χ0v) is 25.9. The number of nitrogens with zero attached hydrogens (tertiary/aromatic N) is 2. The molecule has 44 heavy (non-hydrogen) atoms. The maximum absolute atomic E-state index is 13.6. The molecule has 0 bridgehead atoms. The second-order valence-electron chi connectivity index (χ2n) is 10.8. The number of halogens is 3. The molecule has 1 saturated heterocycles. The lowest BCUT2D eigenvalue weighted by molar-refractivity contribution is -0.140. The number of benzene rings is 2. The Morgan fingerprint density at radius 3 is 2.55 bits per heavy atom. The summed E-state index contributed by atoms with van der Waals surface area (Å²) in [5.74, 6) is 6.08. The van der Waals surface area contributed by atoms with E-state index in [0.29, 0.717) is 42.1 Å². The number of nitrogens with one attached hydrogen (secondary N) is 2. The number of methoxy groups -OCH3 is 1. The molecule has 1 fully saturated rings. The fourth-order valence-electron chi connectivity index (χ4n) is 5.27. The predicted molar refractivity (Wildman–Crippen MR) is 165 cm³/mol. The van der Waals surface area contributed by atoms with Crippen molar-refractivity contribution in [1.29, 1.82) is 0 Å². The van der Waals surface area contributed by atoms with Gasteiger partial charge < -0.3 is 34.7 Å². The lowest BCUT2D eigenvalue weighted by Gasteiger charge is -2.34. The normalized spacial score (nSPS) is 15.5. The molecule has 0 aliphatic carbocycles. The number of rotatable bonds is 12. The minimum Gasteiger partial charge on any atom is -0.495 e. The average Bonchev–Trinajstić information content (AvgIpc) is 3.31. The van der Waals surface area contributed by atoms with Crippen molar-refractivity contribution in [2.45, 2.75) is 49.5 Å². The molecule has 1 aliphatic rings. The van der Waals surface area contributed by atoms with Crippen LogP contribution in [0.25, 0.3) is 10.9 Å². The van der Waals surface area contributed by atoms with E-state index in [1.165, 1.54) is 23.8 Å².